The van der Waals surface area contributed by atoms with E-state index in [4.69, 9.17) is 0 Å². The highest BCUT2D eigenvalue weighted by molar-refractivity contribution is 5.97. The molecule has 4 heteroatoms. The van der Waals surface area contributed by atoms with E-state index in [1.54, 1.807) is 12.1 Å². The van der Waals surface area contributed by atoms with Crippen molar-refractivity contribution in [3.05, 3.63) is 29.3 Å². The van der Waals surface area contributed by atoms with Crippen LogP contribution in [-0.4, -0.2) is 41.6 Å². The first kappa shape index (κ1) is 14.4. The number of nitrogens with zero attached hydrogens (tertiary/aromatic N) is 1. The van der Waals surface area contributed by atoms with Crippen molar-refractivity contribution in [1.82, 2.24) is 10.2 Å². The standard InChI is InChI=1S/C17H24N2O2/c1-12-2-5-15(16(20)10-12)17(21)19-8-6-14(7-9-19)18-11-13-3-4-13/h2,5,10,13-14,18,20H,3-4,6-9,11H2,1H3. The summed E-state index contributed by atoms with van der Waals surface area (Å²) in [7, 11) is 0. The fraction of sp³-hybridized carbons (Fsp3) is 0.588. The van der Waals surface area contributed by atoms with Gasteiger partial charge in [-0.25, -0.2) is 0 Å². The molecule has 1 aromatic rings. The van der Waals surface area contributed by atoms with Gasteiger partial charge in [-0.15, -0.1) is 0 Å². The van der Waals surface area contributed by atoms with E-state index in [2.05, 4.69) is 5.32 Å². The van der Waals surface area contributed by atoms with Crippen molar-refractivity contribution >= 4 is 5.91 Å². The number of aromatic hydroxyl groups is 1. The molecule has 0 spiro atoms. The van der Waals surface area contributed by atoms with Gasteiger partial charge in [0.25, 0.3) is 5.91 Å². The predicted octanol–water partition coefficient (Wildman–Crippen LogP) is 2.30. The third kappa shape index (κ3) is 3.56. The quantitative estimate of drug-likeness (QED) is 0.894. The summed E-state index contributed by atoms with van der Waals surface area (Å²) in [5.41, 5.74) is 1.39. The summed E-state index contributed by atoms with van der Waals surface area (Å²) >= 11 is 0. The summed E-state index contributed by atoms with van der Waals surface area (Å²) in [6.07, 6.45) is 4.75. The lowest BCUT2D eigenvalue weighted by atomic mass is 10.0. The lowest BCUT2D eigenvalue weighted by Crippen LogP contribution is -2.45. The average Bonchev–Trinajstić information content (AvgIpc) is 3.29. The van der Waals surface area contributed by atoms with E-state index >= 15 is 0 Å². The fourth-order valence-corrected chi connectivity index (χ4v) is 2.93. The van der Waals surface area contributed by atoms with Gasteiger partial charge in [0, 0.05) is 19.1 Å². The first-order valence-corrected chi connectivity index (χ1v) is 7.96. The summed E-state index contributed by atoms with van der Waals surface area (Å²) in [4.78, 5) is 14.3. The van der Waals surface area contributed by atoms with Crippen LogP contribution < -0.4 is 5.32 Å². The molecule has 2 N–H and O–H groups in total. The van der Waals surface area contributed by atoms with E-state index in [0.29, 0.717) is 11.6 Å². The summed E-state index contributed by atoms with van der Waals surface area (Å²) in [6.45, 7) is 4.59. The Morgan fingerprint density at radius 2 is 2.00 bits per heavy atom. The largest absolute Gasteiger partial charge is 0.507 e. The van der Waals surface area contributed by atoms with Gasteiger partial charge < -0.3 is 15.3 Å². The minimum absolute atomic E-state index is 0.0480. The number of aryl methyl sites for hydroxylation is 1. The molecule has 1 saturated heterocycles. The zero-order valence-electron chi connectivity index (χ0n) is 12.6. The molecule has 1 aliphatic carbocycles. The number of piperidine rings is 1. The minimum Gasteiger partial charge on any atom is -0.507 e. The molecule has 1 heterocycles. The molecule has 0 unspecified atom stereocenters. The third-order valence-corrected chi connectivity index (χ3v) is 4.56. The molecule has 3 rings (SSSR count). The first-order valence-electron chi connectivity index (χ1n) is 7.96. The van der Waals surface area contributed by atoms with Gasteiger partial charge >= 0.3 is 0 Å². The van der Waals surface area contributed by atoms with Crippen LogP contribution in [0.2, 0.25) is 0 Å². The van der Waals surface area contributed by atoms with Crippen LogP contribution in [0.5, 0.6) is 5.75 Å². The summed E-state index contributed by atoms with van der Waals surface area (Å²) in [6, 6.07) is 5.79. The van der Waals surface area contributed by atoms with Crippen molar-refractivity contribution in [2.45, 2.75) is 38.6 Å². The Morgan fingerprint density at radius 1 is 1.29 bits per heavy atom. The lowest BCUT2D eigenvalue weighted by molar-refractivity contribution is 0.0702. The van der Waals surface area contributed by atoms with E-state index in [-0.39, 0.29) is 11.7 Å². The smallest absolute Gasteiger partial charge is 0.257 e. The van der Waals surface area contributed by atoms with Gasteiger partial charge in [-0.1, -0.05) is 6.07 Å². The number of hydrogen-bond donors (Lipinski definition) is 2. The van der Waals surface area contributed by atoms with Crippen LogP contribution in [0, 0.1) is 12.8 Å². The number of carbonyl (C=O) groups excluding carboxylic acids is 1. The maximum absolute atomic E-state index is 12.5. The number of benzene rings is 1. The minimum atomic E-state index is -0.0480. The Hall–Kier alpha value is -1.55. The van der Waals surface area contributed by atoms with Crippen molar-refractivity contribution in [2.24, 2.45) is 5.92 Å². The van der Waals surface area contributed by atoms with Crippen LogP contribution >= 0.6 is 0 Å². The van der Waals surface area contributed by atoms with Crippen LogP contribution in [-0.2, 0) is 0 Å². The van der Waals surface area contributed by atoms with Crippen molar-refractivity contribution < 1.29 is 9.90 Å². The van der Waals surface area contributed by atoms with Crippen molar-refractivity contribution in [3.63, 3.8) is 0 Å². The molecular formula is C17H24N2O2. The van der Waals surface area contributed by atoms with Gasteiger partial charge in [-0.2, -0.15) is 0 Å². The number of phenols is 1. The second-order valence-electron chi connectivity index (χ2n) is 6.44. The van der Waals surface area contributed by atoms with Gasteiger partial charge in [0.2, 0.25) is 0 Å². The van der Waals surface area contributed by atoms with E-state index in [1.165, 1.54) is 12.8 Å². The second-order valence-corrected chi connectivity index (χ2v) is 6.44. The molecule has 0 atom stereocenters. The third-order valence-electron chi connectivity index (χ3n) is 4.56. The zero-order chi connectivity index (χ0) is 14.8. The maximum atomic E-state index is 12.5. The highest BCUT2D eigenvalue weighted by Crippen LogP contribution is 2.28. The molecule has 0 radical (unpaired) electrons. The molecule has 2 fully saturated rings. The van der Waals surface area contributed by atoms with Gasteiger partial charge in [0.05, 0.1) is 5.56 Å². The Bertz CT molecular complexity index is 518. The number of phenolic OH excluding ortho intramolecular Hbond substituents is 1. The molecule has 1 saturated carbocycles. The number of carbonyl (C=O) groups is 1. The molecule has 1 aliphatic heterocycles. The average molecular weight is 288 g/mol. The highest BCUT2D eigenvalue weighted by Gasteiger charge is 2.27. The van der Waals surface area contributed by atoms with Crippen LogP contribution in [0.25, 0.3) is 0 Å². The second kappa shape index (κ2) is 6.06. The van der Waals surface area contributed by atoms with Crippen LogP contribution in [0.1, 0.15) is 41.6 Å². The SMILES string of the molecule is Cc1ccc(C(=O)N2CCC(NCC3CC3)CC2)c(O)c1. The Labute approximate surface area is 126 Å². The molecule has 0 aromatic heterocycles. The van der Waals surface area contributed by atoms with Crippen LogP contribution in [0.4, 0.5) is 0 Å². The number of likely N-dealkylation sites (tertiary alicyclic amines) is 1. The van der Waals surface area contributed by atoms with Crippen molar-refractivity contribution in [1.29, 1.82) is 0 Å². The predicted molar refractivity (Wildman–Crippen MR) is 82.5 cm³/mol. The molecule has 2 aliphatic rings. The van der Waals surface area contributed by atoms with E-state index in [0.717, 1.165) is 44.0 Å². The molecule has 1 aromatic carbocycles. The number of rotatable bonds is 4. The Kier molecular flexibility index (Phi) is 4.15. The van der Waals surface area contributed by atoms with Gasteiger partial charge in [-0.3, -0.25) is 4.79 Å². The normalized spacial score (nSPS) is 19.8. The number of hydrogen-bond acceptors (Lipinski definition) is 3. The first-order chi connectivity index (χ1) is 10.1. The van der Waals surface area contributed by atoms with E-state index in [9.17, 15) is 9.90 Å². The Balaban J connectivity index is 1.54. The summed E-state index contributed by atoms with van der Waals surface area (Å²) in [5, 5.41) is 13.6. The van der Waals surface area contributed by atoms with E-state index < -0.39 is 0 Å². The number of nitrogens with one attached hydrogen (secondary N) is 1. The zero-order valence-corrected chi connectivity index (χ0v) is 12.6. The molecule has 21 heavy (non-hydrogen) atoms. The van der Waals surface area contributed by atoms with Gasteiger partial charge in [-0.05, 0) is 62.8 Å². The van der Waals surface area contributed by atoms with Gasteiger partial charge in [0.15, 0.2) is 0 Å². The van der Waals surface area contributed by atoms with Gasteiger partial charge in [0.1, 0.15) is 5.75 Å². The highest BCUT2D eigenvalue weighted by atomic mass is 16.3. The lowest BCUT2D eigenvalue weighted by Gasteiger charge is -2.32. The van der Waals surface area contributed by atoms with E-state index in [1.807, 2.05) is 17.9 Å². The molecule has 1 amide bonds. The van der Waals surface area contributed by atoms with Crippen molar-refractivity contribution in [3.8, 4) is 5.75 Å². The Morgan fingerprint density at radius 3 is 2.62 bits per heavy atom. The number of amides is 1. The molecule has 114 valence electrons. The monoisotopic (exact) mass is 288 g/mol. The molecule has 4 nitrogen and oxygen atoms in total. The summed E-state index contributed by atoms with van der Waals surface area (Å²) in [5.74, 6) is 0.941. The molecule has 0 bridgehead atoms. The van der Waals surface area contributed by atoms with Crippen LogP contribution in [0.3, 0.4) is 0 Å². The summed E-state index contributed by atoms with van der Waals surface area (Å²) < 4.78 is 0. The maximum Gasteiger partial charge on any atom is 0.257 e. The fourth-order valence-electron chi connectivity index (χ4n) is 2.93. The van der Waals surface area contributed by atoms with Crippen molar-refractivity contribution in [2.75, 3.05) is 19.6 Å². The topological polar surface area (TPSA) is 52.6 Å². The molecular weight excluding hydrogens is 264 g/mol. The van der Waals surface area contributed by atoms with Crippen LogP contribution in [0.15, 0.2) is 18.2 Å².